The van der Waals surface area contributed by atoms with Gasteiger partial charge in [0.25, 0.3) is 0 Å². The number of hydrogen-bond donors (Lipinski definition) is 2. The molecule has 4 nitrogen and oxygen atoms in total. The number of halogens is 2. The Balaban J connectivity index is 2.32. The van der Waals surface area contributed by atoms with Crippen LogP contribution in [0.5, 0.6) is 0 Å². The van der Waals surface area contributed by atoms with Crippen molar-refractivity contribution in [3.05, 3.63) is 80.9 Å². The van der Waals surface area contributed by atoms with Crippen LogP contribution in [0.3, 0.4) is 0 Å². The van der Waals surface area contributed by atoms with E-state index in [9.17, 15) is 18.4 Å². The number of H-pyrrole nitrogens is 2. The van der Waals surface area contributed by atoms with Crippen LogP contribution in [0.15, 0.2) is 58.1 Å². The first-order valence-electron chi connectivity index (χ1n) is 6.43. The zero-order chi connectivity index (χ0) is 15.7. The van der Waals surface area contributed by atoms with E-state index in [4.69, 9.17) is 0 Å². The van der Waals surface area contributed by atoms with Gasteiger partial charge < -0.3 is 9.97 Å². The van der Waals surface area contributed by atoms with Gasteiger partial charge in [0.15, 0.2) is 0 Å². The van der Waals surface area contributed by atoms with Crippen molar-refractivity contribution in [3.8, 4) is 22.5 Å². The SMILES string of the molecule is O=c1[nH]c(-c2cccc(F)c2)c(-c2cccc(F)c2)[nH]c1=O. The molecule has 1 aromatic heterocycles. The molecular weight excluding hydrogens is 290 g/mol. The summed E-state index contributed by atoms with van der Waals surface area (Å²) in [5.74, 6) is -0.982. The van der Waals surface area contributed by atoms with E-state index in [1.54, 1.807) is 12.1 Å². The highest BCUT2D eigenvalue weighted by molar-refractivity contribution is 5.77. The van der Waals surface area contributed by atoms with Crippen LogP contribution in [0.25, 0.3) is 22.5 Å². The van der Waals surface area contributed by atoms with Gasteiger partial charge in [-0.15, -0.1) is 0 Å². The summed E-state index contributed by atoms with van der Waals surface area (Å²) >= 11 is 0. The Morgan fingerprint density at radius 1 is 0.682 bits per heavy atom. The highest BCUT2D eigenvalue weighted by Crippen LogP contribution is 2.27. The fourth-order valence-electron chi connectivity index (χ4n) is 2.19. The van der Waals surface area contributed by atoms with E-state index in [0.717, 1.165) is 0 Å². The fourth-order valence-corrected chi connectivity index (χ4v) is 2.19. The maximum Gasteiger partial charge on any atom is 0.314 e. The molecule has 0 spiro atoms. The third-order valence-corrected chi connectivity index (χ3v) is 3.16. The Morgan fingerprint density at radius 3 is 1.45 bits per heavy atom. The van der Waals surface area contributed by atoms with Gasteiger partial charge in [-0.3, -0.25) is 9.59 Å². The molecule has 3 rings (SSSR count). The lowest BCUT2D eigenvalue weighted by Crippen LogP contribution is -2.30. The molecule has 110 valence electrons. The summed E-state index contributed by atoms with van der Waals surface area (Å²) in [6.07, 6.45) is 0. The van der Waals surface area contributed by atoms with Crippen molar-refractivity contribution in [1.29, 1.82) is 0 Å². The lowest BCUT2D eigenvalue weighted by Gasteiger charge is -2.09. The van der Waals surface area contributed by atoms with Gasteiger partial charge >= 0.3 is 11.1 Å². The third kappa shape index (κ3) is 2.58. The lowest BCUT2D eigenvalue weighted by molar-refractivity contribution is 0.627. The van der Waals surface area contributed by atoms with Gasteiger partial charge in [-0.25, -0.2) is 8.78 Å². The minimum absolute atomic E-state index is 0.217. The molecule has 0 aliphatic carbocycles. The Morgan fingerprint density at radius 2 is 1.09 bits per heavy atom. The molecule has 0 fully saturated rings. The number of aromatic amines is 2. The van der Waals surface area contributed by atoms with Gasteiger partial charge in [0.05, 0.1) is 11.4 Å². The molecule has 0 bridgehead atoms. The second kappa shape index (κ2) is 5.40. The van der Waals surface area contributed by atoms with Crippen LogP contribution in [0, 0.1) is 11.6 Å². The van der Waals surface area contributed by atoms with E-state index in [-0.39, 0.29) is 11.4 Å². The molecule has 0 saturated heterocycles. The fraction of sp³-hybridized carbons (Fsp3) is 0. The van der Waals surface area contributed by atoms with E-state index < -0.39 is 22.8 Å². The normalized spacial score (nSPS) is 10.6. The Labute approximate surface area is 123 Å². The van der Waals surface area contributed by atoms with Crippen LogP contribution in [0.2, 0.25) is 0 Å². The van der Waals surface area contributed by atoms with E-state index >= 15 is 0 Å². The minimum Gasteiger partial charge on any atom is -0.315 e. The highest BCUT2D eigenvalue weighted by atomic mass is 19.1. The second-order valence-electron chi connectivity index (χ2n) is 4.68. The largest absolute Gasteiger partial charge is 0.315 e. The minimum atomic E-state index is -0.862. The first-order chi connectivity index (χ1) is 10.5. The molecular formula is C16H10F2N2O2. The summed E-state index contributed by atoms with van der Waals surface area (Å²) in [6.45, 7) is 0. The van der Waals surface area contributed by atoms with Gasteiger partial charge in [0.1, 0.15) is 11.6 Å². The molecule has 3 aromatic rings. The first-order valence-corrected chi connectivity index (χ1v) is 6.43. The van der Waals surface area contributed by atoms with Gasteiger partial charge in [-0.2, -0.15) is 0 Å². The lowest BCUT2D eigenvalue weighted by atomic mass is 10.0. The molecule has 22 heavy (non-hydrogen) atoms. The van der Waals surface area contributed by atoms with E-state index in [1.807, 2.05) is 0 Å². The highest BCUT2D eigenvalue weighted by Gasteiger charge is 2.12. The zero-order valence-electron chi connectivity index (χ0n) is 11.2. The molecule has 0 amide bonds. The molecule has 2 N–H and O–H groups in total. The van der Waals surface area contributed by atoms with Gasteiger partial charge in [0.2, 0.25) is 0 Å². The van der Waals surface area contributed by atoms with Crippen LogP contribution in [-0.2, 0) is 0 Å². The predicted octanol–water partition coefficient (Wildman–Crippen LogP) is 2.68. The summed E-state index contributed by atoms with van der Waals surface area (Å²) in [6, 6.07) is 11.1. The van der Waals surface area contributed by atoms with Crippen LogP contribution < -0.4 is 11.1 Å². The summed E-state index contributed by atoms with van der Waals surface area (Å²) in [4.78, 5) is 28.0. The number of hydrogen-bond acceptors (Lipinski definition) is 2. The van der Waals surface area contributed by atoms with Crippen LogP contribution in [0.4, 0.5) is 8.78 Å². The Bertz CT molecular complexity index is 882. The standard InChI is InChI=1S/C16H10F2N2O2/c17-11-5-1-3-9(7-11)13-14(20-16(22)15(21)19-13)10-4-2-6-12(18)8-10/h1-8H,(H,19,21)(H,20,22). The van der Waals surface area contributed by atoms with E-state index in [1.165, 1.54) is 36.4 Å². The number of rotatable bonds is 2. The van der Waals surface area contributed by atoms with Crippen molar-refractivity contribution in [2.45, 2.75) is 0 Å². The Hall–Kier alpha value is -3.02. The van der Waals surface area contributed by atoms with Crippen molar-refractivity contribution in [2.24, 2.45) is 0 Å². The van der Waals surface area contributed by atoms with Crippen LogP contribution in [-0.4, -0.2) is 9.97 Å². The van der Waals surface area contributed by atoms with Crippen LogP contribution >= 0.6 is 0 Å². The molecule has 0 unspecified atom stereocenters. The molecule has 0 aliphatic heterocycles. The van der Waals surface area contributed by atoms with Crippen molar-refractivity contribution in [1.82, 2.24) is 9.97 Å². The van der Waals surface area contributed by atoms with Gasteiger partial charge in [-0.05, 0) is 24.3 Å². The smallest absolute Gasteiger partial charge is 0.314 e. The van der Waals surface area contributed by atoms with E-state index in [0.29, 0.717) is 11.1 Å². The van der Waals surface area contributed by atoms with Gasteiger partial charge in [0, 0.05) is 11.1 Å². The summed E-state index contributed by atoms with van der Waals surface area (Å²) in [7, 11) is 0. The number of aromatic nitrogens is 2. The topological polar surface area (TPSA) is 65.7 Å². The monoisotopic (exact) mass is 300 g/mol. The van der Waals surface area contributed by atoms with Crippen LogP contribution in [0.1, 0.15) is 0 Å². The van der Waals surface area contributed by atoms with Crippen molar-refractivity contribution in [2.75, 3.05) is 0 Å². The second-order valence-corrected chi connectivity index (χ2v) is 4.68. The number of benzene rings is 2. The maximum absolute atomic E-state index is 13.4. The van der Waals surface area contributed by atoms with Crippen molar-refractivity contribution < 1.29 is 8.78 Å². The average molecular weight is 300 g/mol. The molecule has 1 heterocycles. The van der Waals surface area contributed by atoms with Crippen molar-refractivity contribution >= 4 is 0 Å². The first kappa shape index (κ1) is 13.9. The third-order valence-electron chi connectivity index (χ3n) is 3.16. The van der Waals surface area contributed by atoms with E-state index in [2.05, 4.69) is 9.97 Å². The zero-order valence-corrected chi connectivity index (χ0v) is 11.2. The molecule has 6 heteroatoms. The molecule has 0 radical (unpaired) electrons. The molecule has 0 atom stereocenters. The summed E-state index contributed by atoms with van der Waals surface area (Å²) < 4.78 is 26.8. The average Bonchev–Trinajstić information content (AvgIpc) is 2.49. The number of nitrogens with one attached hydrogen (secondary N) is 2. The van der Waals surface area contributed by atoms with Gasteiger partial charge in [-0.1, -0.05) is 24.3 Å². The Kier molecular flexibility index (Phi) is 3.42. The quantitative estimate of drug-likeness (QED) is 0.715. The molecule has 2 aromatic carbocycles. The molecule has 0 saturated carbocycles. The molecule has 0 aliphatic rings. The summed E-state index contributed by atoms with van der Waals surface area (Å²) in [5, 5.41) is 0. The summed E-state index contributed by atoms with van der Waals surface area (Å²) in [5.41, 5.74) is -0.552. The predicted molar refractivity (Wildman–Crippen MR) is 78.5 cm³/mol. The maximum atomic E-state index is 13.4. The van der Waals surface area contributed by atoms with Crippen molar-refractivity contribution in [3.63, 3.8) is 0 Å².